The first-order chi connectivity index (χ1) is 13.1. The molecule has 28 heavy (non-hydrogen) atoms. The molecule has 2 aromatic rings. The molecule has 1 atom stereocenters. The van der Waals surface area contributed by atoms with E-state index in [-0.39, 0.29) is 6.42 Å². The molecule has 1 unspecified atom stereocenters. The van der Waals surface area contributed by atoms with E-state index in [4.69, 9.17) is 0 Å². The molecule has 1 saturated heterocycles. The fourth-order valence-electron chi connectivity index (χ4n) is 3.49. The topological polar surface area (TPSA) is 58.1 Å². The normalized spacial score (nSPS) is 18.3. The Labute approximate surface area is 166 Å². The monoisotopic (exact) mass is 414 g/mol. The lowest BCUT2D eigenvalue weighted by molar-refractivity contribution is -0.195. The standard InChI is InChI=1S/C19H25F3N4OS/c1-5-18(4,19(20,21)22)25-16(27)13-6-8-26(9-7-13)15-14-11(2)12(3)28-17(14)24-10-23-15/h10,13H,5-9H2,1-4H3,(H,25,27). The van der Waals surface area contributed by atoms with E-state index in [9.17, 15) is 18.0 Å². The van der Waals surface area contributed by atoms with Crippen LogP contribution in [0.25, 0.3) is 10.2 Å². The highest BCUT2D eigenvalue weighted by atomic mass is 32.1. The van der Waals surface area contributed by atoms with Crippen LogP contribution in [-0.2, 0) is 4.79 Å². The average Bonchev–Trinajstić information content (AvgIpc) is 2.95. The van der Waals surface area contributed by atoms with E-state index in [1.807, 2.05) is 13.8 Å². The van der Waals surface area contributed by atoms with E-state index in [1.54, 1.807) is 17.7 Å². The summed E-state index contributed by atoms with van der Waals surface area (Å²) in [6.45, 7) is 7.72. The van der Waals surface area contributed by atoms with Gasteiger partial charge >= 0.3 is 6.18 Å². The second kappa shape index (κ2) is 7.50. The van der Waals surface area contributed by atoms with Crippen LogP contribution >= 0.6 is 11.3 Å². The van der Waals surface area contributed by atoms with E-state index < -0.39 is 23.5 Å². The van der Waals surface area contributed by atoms with Crippen molar-refractivity contribution in [2.75, 3.05) is 18.0 Å². The fraction of sp³-hybridized carbons (Fsp3) is 0.632. The second-order valence-electron chi connectivity index (χ2n) is 7.59. The van der Waals surface area contributed by atoms with Gasteiger partial charge in [-0.2, -0.15) is 13.2 Å². The van der Waals surface area contributed by atoms with Crippen molar-refractivity contribution in [1.29, 1.82) is 0 Å². The van der Waals surface area contributed by atoms with Crippen molar-refractivity contribution in [1.82, 2.24) is 15.3 Å². The van der Waals surface area contributed by atoms with Crippen LogP contribution in [0.4, 0.5) is 19.0 Å². The van der Waals surface area contributed by atoms with Gasteiger partial charge in [0, 0.05) is 23.9 Å². The minimum Gasteiger partial charge on any atom is -0.356 e. The van der Waals surface area contributed by atoms with Gasteiger partial charge in [-0.3, -0.25) is 4.79 Å². The Morgan fingerprint density at radius 2 is 1.93 bits per heavy atom. The van der Waals surface area contributed by atoms with E-state index in [2.05, 4.69) is 20.2 Å². The lowest BCUT2D eigenvalue weighted by Gasteiger charge is -2.36. The summed E-state index contributed by atoms with van der Waals surface area (Å²) in [5.41, 5.74) is -1.04. The molecule has 2 aromatic heterocycles. The van der Waals surface area contributed by atoms with Gasteiger partial charge in [0.25, 0.3) is 0 Å². The summed E-state index contributed by atoms with van der Waals surface area (Å²) in [5.74, 6) is -0.0942. The lowest BCUT2D eigenvalue weighted by atomic mass is 9.92. The van der Waals surface area contributed by atoms with Crippen molar-refractivity contribution in [2.24, 2.45) is 5.92 Å². The number of hydrogen-bond donors (Lipinski definition) is 1. The minimum atomic E-state index is -4.47. The van der Waals surface area contributed by atoms with Crippen LogP contribution in [-0.4, -0.2) is 40.7 Å². The second-order valence-corrected chi connectivity index (χ2v) is 8.80. The molecule has 1 amide bonds. The average molecular weight is 414 g/mol. The number of aromatic nitrogens is 2. The van der Waals surface area contributed by atoms with Gasteiger partial charge in [0.15, 0.2) is 0 Å². The number of amides is 1. The molecule has 3 rings (SSSR count). The molecule has 0 spiro atoms. The fourth-order valence-corrected chi connectivity index (χ4v) is 4.48. The summed E-state index contributed by atoms with van der Waals surface area (Å²) in [5, 5.41) is 3.27. The predicted octanol–water partition coefficient (Wildman–Crippen LogP) is 4.37. The van der Waals surface area contributed by atoms with Crippen molar-refractivity contribution >= 4 is 33.3 Å². The number of fused-ring (bicyclic) bond motifs is 1. The number of alkyl halides is 3. The maximum absolute atomic E-state index is 13.3. The zero-order valence-electron chi connectivity index (χ0n) is 16.5. The smallest absolute Gasteiger partial charge is 0.356 e. The van der Waals surface area contributed by atoms with Crippen LogP contribution in [0.1, 0.15) is 43.6 Å². The van der Waals surface area contributed by atoms with Crippen LogP contribution < -0.4 is 10.2 Å². The molecule has 1 fully saturated rings. The number of halogens is 3. The molecule has 1 N–H and O–H groups in total. The number of carbonyl (C=O) groups is 1. The van der Waals surface area contributed by atoms with Gasteiger partial charge in [-0.15, -0.1) is 11.3 Å². The third-order valence-electron chi connectivity index (χ3n) is 5.84. The Bertz CT molecular complexity index is 874. The van der Waals surface area contributed by atoms with Crippen molar-refractivity contribution < 1.29 is 18.0 Å². The molecule has 154 valence electrons. The van der Waals surface area contributed by atoms with E-state index >= 15 is 0 Å². The van der Waals surface area contributed by atoms with Gasteiger partial charge in [-0.1, -0.05) is 6.92 Å². The van der Waals surface area contributed by atoms with Crippen molar-refractivity contribution in [3.8, 4) is 0 Å². The molecule has 3 heterocycles. The van der Waals surface area contributed by atoms with Crippen molar-refractivity contribution in [2.45, 2.75) is 58.7 Å². The number of carbonyl (C=O) groups excluding carboxylic acids is 1. The van der Waals surface area contributed by atoms with E-state index in [1.165, 1.54) is 11.8 Å². The highest BCUT2D eigenvalue weighted by Crippen LogP contribution is 2.36. The molecule has 0 saturated carbocycles. The maximum atomic E-state index is 13.3. The Balaban J connectivity index is 1.71. The third-order valence-corrected chi connectivity index (χ3v) is 6.96. The highest BCUT2D eigenvalue weighted by Gasteiger charge is 2.51. The van der Waals surface area contributed by atoms with Gasteiger partial charge in [0.05, 0.1) is 5.39 Å². The first kappa shape index (κ1) is 20.8. The largest absolute Gasteiger partial charge is 0.411 e. The number of thiophene rings is 1. The number of rotatable bonds is 4. The summed E-state index contributed by atoms with van der Waals surface area (Å²) in [7, 11) is 0. The molecule has 0 bridgehead atoms. The van der Waals surface area contributed by atoms with E-state index in [0.717, 1.165) is 28.5 Å². The summed E-state index contributed by atoms with van der Waals surface area (Å²) in [6.07, 6.45) is -2.13. The first-order valence-electron chi connectivity index (χ1n) is 9.41. The van der Waals surface area contributed by atoms with Gasteiger partial charge in [0.1, 0.15) is 22.5 Å². The van der Waals surface area contributed by atoms with Crippen LogP contribution in [0.15, 0.2) is 6.33 Å². The van der Waals surface area contributed by atoms with Gasteiger partial charge in [-0.25, -0.2) is 9.97 Å². The Morgan fingerprint density at radius 1 is 1.29 bits per heavy atom. The molecule has 5 nitrogen and oxygen atoms in total. The third kappa shape index (κ3) is 3.68. The number of nitrogens with zero attached hydrogens (tertiary/aromatic N) is 3. The number of aryl methyl sites for hydroxylation is 2. The summed E-state index contributed by atoms with van der Waals surface area (Å²) < 4.78 is 39.8. The maximum Gasteiger partial charge on any atom is 0.411 e. The van der Waals surface area contributed by atoms with Crippen LogP contribution in [0.3, 0.4) is 0 Å². The van der Waals surface area contributed by atoms with Gasteiger partial charge in [-0.05, 0) is 45.6 Å². The van der Waals surface area contributed by atoms with Crippen LogP contribution in [0.5, 0.6) is 0 Å². The molecule has 0 radical (unpaired) electrons. The van der Waals surface area contributed by atoms with Crippen molar-refractivity contribution in [3.63, 3.8) is 0 Å². The first-order valence-corrected chi connectivity index (χ1v) is 10.2. The van der Waals surface area contributed by atoms with Gasteiger partial charge in [0.2, 0.25) is 5.91 Å². The summed E-state index contributed by atoms with van der Waals surface area (Å²) in [6, 6.07) is 0. The number of anilines is 1. The molecule has 1 aliphatic rings. The van der Waals surface area contributed by atoms with Crippen LogP contribution in [0.2, 0.25) is 0 Å². The predicted molar refractivity (Wildman–Crippen MR) is 105 cm³/mol. The Kier molecular flexibility index (Phi) is 5.58. The highest BCUT2D eigenvalue weighted by molar-refractivity contribution is 7.18. The summed E-state index contributed by atoms with van der Waals surface area (Å²) >= 11 is 1.63. The summed E-state index contributed by atoms with van der Waals surface area (Å²) in [4.78, 5) is 25.5. The lowest BCUT2D eigenvalue weighted by Crippen LogP contribution is -2.58. The quantitative estimate of drug-likeness (QED) is 0.807. The SMILES string of the molecule is CCC(C)(NC(=O)C1CCN(c2ncnc3sc(C)c(C)c23)CC1)C(F)(F)F. The molecule has 1 aliphatic heterocycles. The number of nitrogens with one attached hydrogen (secondary N) is 1. The minimum absolute atomic E-state index is 0.198. The van der Waals surface area contributed by atoms with E-state index in [0.29, 0.717) is 25.9 Å². The molecular weight excluding hydrogens is 389 g/mol. The molecule has 9 heteroatoms. The Hall–Kier alpha value is -1.90. The number of piperidine rings is 1. The van der Waals surface area contributed by atoms with Crippen LogP contribution in [0, 0.1) is 19.8 Å². The Morgan fingerprint density at radius 3 is 2.50 bits per heavy atom. The molecular formula is C19H25F3N4OS. The zero-order chi connectivity index (χ0) is 20.7. The van der Waals surface area contributed by atoms with Gasteiger partial charge < -0.3 is 10.2 Å². The molecule has 0 aromatic carbocycles. The zero-order valence-corrected chi connectivity index (χ0v) is 17.3. The number of hydrogen-bond acceptors (Lipinski definition) is 5. The van der Waals surface area contributed by atoms with Crippen molar-refractivity contribution in [3.05, 3.63) is 16.8 Å². The molecule has 0 aliphatic carbocycles.